The van der Waals surface area contributed by atoms with Gasteiger partial charge in [-0.1, -0.05) is 6.92 Å². The Morgan fingerprint density at radius 3 is 2.79 bits per heavy atom. The summed E-state index contributed by atoms with van der Waals surface area (Å²) in [6.07, 6.45) is 1.74. The van der Waals surface area contributed by atoms with Gasteiger partial charge < -0.3 is 5.32 Å². The number of amides is 1. The number of carbonyl (C=O) groups excluding carboxylic acids is 1. The van der Waals surface area contributed by atoms with Crippen molar-refractivity contribution in [3.05, 3.63) is 35.2 Å². The van der Waals surface area contributed by atoms with E-state index in [1.54, 1.807) is 0 Å². The van der Waals surface area contributed by atoms with Crippen molar-refractivity contribution < 1.29 is 4.79 Å². The molecule has 0 spiro atoms. The number of aromatic nitrogens is 4. The highest BCUT2D eigenvalue weighted by Gasteiger charge is 2.13. The molecule has 6 heteroatoms. The second kappa shape index (κ2) is 5.60. The lowest BCUT2D eigenvalue weighted by atomic mass is 10.2. The van der Waals surface area contributed by atoms with Gasteiger partial charge in [-0.2, -0.15) is 0 Å². The maximum atomic E-state index is 12.0. The van der Waals surface area contributed by atoms with E-state index in [1.807, 2.05) is 32.9 Å². The van der Waals surface area contributed by atoms with Gasteiger partial charge in [0.15, 0.2) is 0 Å². The highest BCUT2D eigenvalue weighted by molar-refractivity contribution is 6.01. The highest BCUT2D eigenvalue weighted by Crippen LogP contribution is 2.13. The van der Waals surface area contributed by atoms with Crippen LogP contribution in [0.3, 0.4) is 0 Å². The summed E-state index contributed by atoms with van der Waals surface area (Å²) in [5.74, 6) is 0.558. The number of nitrogens with zero attached hydrogens (tertiary/aromatic N) is 3. The molecule has 0 saturated carbocycles. The fraction of sp³-hybridized carbons (Fsp3) is 0.385. The van der Waals surface area contributed by atoms with E-state index in [2.05, 4.69) is 25.5 Å². The van der Waals surface area contributed by atoms with Crippen LogP contribution in [0.25, 0.3) is 0 Å². The number of hydrogen-bond acceptors (Lipinski definition) is 4. The molecule has 2 N–H and O–H groups in total. The summed E-state index contributed by atoms with van der Waals surface area (Å²) in [7, 11) is 0. The van der Waals surface area contributed by atoms with E-state index in [-0.39, 0.29) is 11.7 Å². The maximum Gasteiger partial charge on any atom is 0.295 e. The SMILES string of the molecule is CCCc1nc(C(=O)Nc2ccc(C)nc2C)n[nH]1. The van der Waals surface area contributed by atoms with Crippen LogP contribution in [0.15, 0.2) is 12.1 Å². The molecule has 100 valence electrons. The van der Waals surface area contributed by atoms with Crippen LogP contribution < -0.4 is 5.32 Å². The summed E-state index contributed by atoms with van der Waals surface area (Å²) in [5, 5.41) is 9.43. The molecule has 0 radical (unpaired) electrons. The Bertz CT molecular complexity index is 590. The zero-order valence-electron chi connectivity index (χ0n) is 11.3. The molecule has 0 aliphatic rings. The molecular weight excluding hydrogens is 242 g/mol. The van der Waals surface area contributed by atoms with Gasteiger partial charge in [-0.3, -0.25) is 14.9 Å². The average Bonchev–Trinajstić information content (AvgIpc) is 2.82. The summed E-state index contributed by atoms with van der Waals surface area (Å²) in [4.78, 5) is 20.4. The molecule has 2 rings (SSSR count). The lowest BCUT2D eigenvalue weighted by molar-refractivity contribution is 0.101. The van der Waals surface area contributed by atoms with E-state index in [4.69, 9.17) is 0 Å². The normalized spacial score (nSPS) is 10.5. The third-order valence-electron chi connectivity index (χ3n) is 2.69. The van der Waals surface area contributed by atoms with Crippen molar-refractivity contribution in [3.8, 4) is 0 Å². The Balaban J connectivity index is 2.11. The number of aryl methyl sites for hydroxylation is 3. The molecule has 0 bridgehead atoms. The lowest BCUT2D eigenvalue weighted by Gasteiger charge is -2.06. The number of pyridine rings is 1. The standard InChI is InChI=1S/C13H17N5O/c1-4-5-11-16-12(18-17-11)13(19)15-10-7-6-8(2)14-9(10)3/h6-7H,4-5H2,1-3H3,(H,15,19)(H,16,17,18). The van der Waals surface area contributed by atoms with Crippen molar-refractivity contribution in [1.29, 1.82) is 0 Å². The van der Waals surface area contributed by atoms with Crippen molar-refractivity contribution in [1.82, 2.24) is 20.2 Å². The van der Waals surface area contributed by atoms with Crippen molar-refractivity contribution >= 4 is 11.6 Å². The summed E-state index contributed by atoms with van der Waals surface area (Å²) >= 11 is 0. The number of anilines is 1. The summed E-state index contributed by atoms with van der Waals surface area (Å²) in [5.41, 5.74) is 2.37. The van der Waals surface area contributed by atoms with E-state index >= 15 is 0 Å². The van der Waals surface area contributed by atoms with Gasteiger partial charge in [0, 0.05) is 12.1 Å². The van der Waals surface area contributed by atoms with Gasteiger partial charge in [0.1, 0.15) is 5.82 Å². The first-order valence-electron chi connectivity index (χ1n) is 6.27. The number of hydrogen-bond donors (Lipinski definition) is 2. The summed E-state index contributed by atoms with van der Waals surface area (Å²) < 4.78 is 0. The van der Waals surface area contributed by atoms with Crippen molar-refractivity contribution in [2.24, 2.45) is 0 Å². The monoisotopic (exact) mass is 259 g/mol. The highest BCUT2D eigenvalue weighted by atomic mass is 16.2. The molecule has 0 aromatic carbocycles. The maximum absolute atomic E-state index is 12.0. The Hall–Kier alpha value is -2.24. The van der Waals surface area contributed by atoms with Gasteiger partial charge in [0.05, 0.1) is 11.4 Å². The smallest absolute Gasteiger partial charge is 0.295 e. The van der Waals surface area contributed by atoms with E-state index in [9.17, 15) is 4.79 Å². The largest absolute Gasteiger partial charge is 0.318 e. The van der Waals surface area contributed by atoms with Crippen molar-refractivity contribution in [2.45, 2.75) is 33.6 Å². The van der Waals surface area contributed by atoms with Gasteiger partial charge in [0.25, 0.3) is 5.91 Å². The van der Waals surface area contributed by atoms with Crippen molar-refractivity contribution in [2.75, 3.05) is 5.32 Å². The quantitative estimate of drug-likeness (QED) is 0.879. The molecule has 1 amide bonds. The minimum atomic E-state index is -0.327. The Morgan fingerprint density at radius 2 is 2.11 bits per heavy atom. The van der Waals surface area contributed by atoms with E-state index in [0.29, 0.717) is 5.69 Å². The number of carbonyl (C=O) groups is 1. The zero-order chi connectivity index (χ0) is 13.8. The molecule has 0 fully saturated rings. The third-order valence-corrected chi connectivity index (χ3v) is 2.69. The van der Waals surface area contributed by atoms with Gasteiger partial charge in [0.2, 0.25) is 5.82 Å². The Labute approximate surface area is 111 Å². The minimum Gasteiger partial charge on any atom is -0.318 e. The second-order valence-electron chi connectivity index (χ2n) is 4.40. The van der Waals surface area contributed by atoms with Gasteiger partial charge in [-0.25, -0.2) is 4.98 Å². The number of nitrogens with one attached hydrogen (secondary N) is 2. The van der Waals surface area contributed by atoms with Gasteiger partial charge in [-0.05, 0) is 32.4 Å². The summed E-state index contributed by atoms with van der Waals surface area (Å²) in [6.45, 7) is 5.80. The van der Waals surface area contributed by atoms with Crippen LogP contribution in [0.2, 0.25) is 0 Å². The first kappa shape index (κ1) is 13.2. The average molecular weight is 259 g/mol. The van der Waals surface area contributed by atoms with Crippen LogP contribution >= 0.6 is 0 Å². The van der Waals surface area contributed by atoms with Crippen LogP contribution in [0, 0.1) is 13.8 Å². The van der Waals surface area contributed by atoms with Crippen molar-refractivity contribution in [3.63, 3.8) is 0 Å². The van der Waals surface area contributed by atoms with Crippen LogP contribution in [-0.2, 0) is 6.42 Å². The van der Waals surface area contributed by atoms with Crippen LogP contribution in [0.5, 0.6) is 0 Å². The molecule has 2 aromatic rings. The first-order chi connectivity index (χ1) is 9.10. The molecule has 0 saturated heterocycles. The van der Waals surface area contributed by atoms with Crippen LogP contribution in [0.1, 0.15) is 41.2 Å². The van der Waals surface area contributed by atoms with Gasteiger partial charge in [-0.15, -0.1) is 5.10 Å². The van der Waals surface area contributed by atoms with Gasteiger partial charge >= 0.3 is 0 Å². The Morgan fingerprint density at radius 1 is 1.32 bits per heavy atom. The molecule has 0 aliphatic heterocycles. The second-order valence-corrected chi connectivity index (χ2v) is 4.40. The van der Waals surface area contributed by atoms with E-state index in [1.165, 1.54) is 0 Å². The van der Waals surface area contributed by atoms with Crippen LogP contribution in [-0.4, -0.2) is 26.1 Å². The predicted molar refractivity (Wildman–Crippen MR) is 72.0 cm³/mol. The number of aromatic amines is 1. The third kappa shape index (κ3) is 3.15. The molecular formula is C13H17N5O. The van der Waals surface area contributed by atoms with Crippen LogP contribution in [0.4, 0.5) is 5.69 Å². The van der Waals surface area contributed by atoms with E-state index in [0.717, 1.165) is 30.1 Å². The number of H-pyrrole nitrogens is 1. The minimum absolute atomic E-state index is 0.156. The predicted octanol–water partition coefficient (Wildman–Crippen LogP) is 2.02. The first-order valence-corrected chi connectivity index (χ1v) is 6.27. The molecule has 0 unspecified atom stereocenters. The summed E-state index contributed by atoms with van der Waals surface area (Å²) in [6, 6.07) is 3.68. The molecule has 2 heterocycles. The molecule has 6 nitrogen and oxygen atoms in total. The fourth-order valence-electron chi connectivity index (χ4n) is 1.74. The van der Waals surface area contributed by atoms with E-state index < -0.39 is 0 Å². The number of rotatable bonds is 4. The molecule has 19 heavy (non-hydrogen) atoms. The fourth-order valence-corrected chi connectivity index (χ4v) is 1.74. The molecule has 2 aromatic heterocycles. The Kier molecular flexibility index (Phi) is 3.89. The zero-order valence-corrected chi connectivity index (χ0v) is 11.3. The molecule has 0 aliphatic carbocycles. The molecule has 0 atom stereocenters. The lowest BCUT2D eigenvalue weighted by Crippen LogP contribution is -2.15. The topological polar surface area (TPSA) is 83.6 Å².